The highest BCUT2D eigenvalue weighted by atomic mass is 16.3. The molecule has 5 rings (SSSR count). The van der Waals surface area contributed by atoms with Crippen LogP contribution in [0.25, 0.3) is 0 Å². The third kappa shape index (κ3) is 25.3. The van der Waals surface area contributed by atoms with Crippen molar-refractivity contribution >= 4 is 28.9 Å². The van der Waals surface area contributed by atoms with E-state index in [2.05, 4.69) is 0 Å². The van der Waals surface area contributed by atoms with Crippen molar-refractivity contribution in [2.24, 2.45) is 29.6 Å². The van der Waals surface area contributed by atoms with E-state index >= 15 is 0 Å². The lowest BCUT2D eigenvalue weighted by molar-refractivity contribution is -0.123. The summed E-state index contributed by atoms with van der Waals surface area (Å²) < 4.78 is 0. The van der Waals surface area contributed by atoms with Gasteiger partial charge in [-0.3, -0.25) is 14.4 Å². The van der Waals surface area contributed by atoms with E-state index in [-0.39, 0.29) is 12.4 Å². The number of hydrogen-bond donors (Lipinski definition) is 1. The molecule has 5 aliphatic carbocycles. The van der Waals surface area contributed by atoms with Crippen molar-refractivity contribution in [1.29, 1.82) is 0 Å². The van der Waals surface area contributed by atoms with Crippen LogP contribution in [0, 0.1) is 29.6 Å². The highest BCUT2D eigenvalue weighted by molar-refractivity contribution is 5.79. The lowest BCUT2D eigenvalue weighted by Gasteiger charge is -2.20. The monoisotopic (exact) mass is 703 g/mol. The van der Waals surface area contributed by atoms with E-state index in [0.29, 0.717) is 41.4 Å². The Balaban J connectivity index is 0.000000313. The summed E-state index contributed by atoms with van der Waals surface area (Å²) in [5.41, 5.74) is 0. The molecule has 50 heavy (non-hydrogen) atoms. The van der Waals surface area contributed by atoms with Gasteiger partial charge in [0.15, 0.2) is 5.78 Å². The predicted molar refractivity (Wildman–Crippen MR) is 206 cm³/mol. The standard InChI is InChI=1S/C10H18O.2C9H16O.C8H14O2.C8H14O/c1-9(11)7-8-10-5-3-2-4-6-10;1-8(10)6-7-9-4-2-3-5-9;1-2-9(10)7-8-5-3-4-6-8;9-6-8(10)5-7-3-1-2-4-7;1-7(9)8-5-3-2-4-6-8/h10H,2-8H2,1H3;9H,2-7H2,1H3;8H,2-7H2,1H3;7,9H,1-6H2;8H,2-6H2,1H3. The Labute approximate surface area is 307 Å². The van der Waals surface area contributed by atoms with Gasteiger partial charge in [0.1, 0.15) is 29.7 Å². The largest absolute Gasteiger partial charge is 0.389 e. The first-order valence-electron chi connectivity index (χ1n) is 21.2. The van der Waals surface area contributed by atoms with E-state index < -0.39 is 0 Å². The summed E-state index contributed by atoms with van der Waals surface area (Å²) in [6.07, 6.45) is 34.9. The van der Waals surface area contributed by atoms with Crippen LogP contribution >= 0.6 is 0 Å². The van der Waals surface area contributed by atoms with E-state index in [1.807, 2.05) is 6.92 Å². The fourth-order valence-electron chi connectivity index (χ4n) is 8.38. The molecular weight excluding hydrogens is 624 g/mol. The van der Waals surface area contributed by atoms with Crippen LogP contribution in [0.5, 0.6) is 0 Å². The molecule has 0 atom stereocenters. The molecule has 0 aliphatic heterocycles. The zero-order chi connectivity index (χ0) is 37.0. The minimum Gasteiger partial charge on any atom is -0.389 e. The predicted octanol–water partition coefficient (Wildman–Crippen LogP) is 11.3. The van der Waals surface area contributed by atoms with Gasteiger partial charge < -0.3 is 14.7 Å². The van der Waals surface area contributed by atoms with Crippen molar-refractivity contribution in [3.05, 3.63) is 0 Å². The Morgan fingerprint density at radius 3 is 1.08 bits per heavy atom. The van der Waals surface area contributed by atoms with Crippen LogP contribution in [-0.2, 0) is 24.0 Å². The normalized spacial score (nSPS) is 20.2. The Bertz CT molecular complexity index is 881. The van der Waals surface area contributed by atoms with Crippen LogP contribution in [0.4, 0.5) is 0 Å². The number of Topliss-reactive ketones (excluding diaryl/α,β-unsaturated/α-hetero) is 5. The first-order chi connectivity index (χ1) is 24.0. The number of aliphatic hydroxyl groups is 1. The van der Waals surface area contributed by atoms with Crippen LogP contribution in [0.2, 0.25) is 0 Å². The van der Waals surface area contributed by atoms with Crippen molar-refractivity contribution in [2.75, 3.05) is 6.61 Å². The maximum Gasteiger partial charge on any atom is 0.158 e. The van der Waals surface area contributed by atoms with Crippen LogP contribution < -0.4 is 0 Å². The first kappa shape index (κ1) is 46.3. The molecule has 0 aromatic carbocycles. The summed E-state index contributed by atoms with van der Waals surface area (Å²) in [5.74, 6) is 5.05. The van der Waals surface area contributed by atoms with Crippen molar-refractivity contribution < 1.29 is 29.1 Å². The van der Waals surface area contributed by atoms with E-state index in [1.165, 1.54) is 128 Å². The number of rotatable bonds is 13. The van der Waals surface area contributed by atoms with Crippen molar-refractivity contribution in [1.82, 2.24) is 0 Å². The molecule has 5 aliphatic rings. The Kier molecular flexibility index (Phi) is 27.7. The van der Waals surface area contributed by atoms with Crippen molar-refractivity contribution in [3.8, 4) is 0 Å². The molecule has 0 aromatic heterocycles. The van der Waals surface area contributed by atoms with Gasteiger partial charge in [-0.15, -0.1) is 0 Å². The molecule has 0 unspecified atom stereocenters. The van der Waals surface area contributed by atoms with Gasteiger partial charge in [0.2, 0.25) is 0 Å². The van der Waals surface area contributed by atoms with Crippen LogP contribution in [-0.4, -0.2) is 40.6 Å². The number of carbonyl (C=O) groups excluding carboxylic acids is 5. The summed E-state index contributed by atoms with van der Waals surface area (Å²) in [6.45, 7) is 6.79. The lowest BCUT2D eigenvalue weighted by Crippen LogP contribution is -2.13. The van der Waals surface area contributed by atoms with Crippen molar-refractivity contribution in [3.63, 3.8) is 0 Å². The highest BCUT2D eigenvalue weighted by Crippen LogP contribution is 2.30. The molecule has 5 saturated carbocycles. The van der Waals surface area contributed by atoms with Gasteiger partial charge in [0.25, 0.3) is 0 Å². The quantitative estimate of drug-likeness (QED) is 0.205. The third-order valence-corrected chi connectivity index (χ3v) is 11.7. The molecule has 0 aromatic rings. The third-order valence-electron chi connectivity index (χ3n) is 11.7. The molecule has 6 nitrogen and oxygen atoms in total. The molecular formula is C44H78O6. The van der Waals surface area contributed by atoms with Gasteiger partial charge >= 0.3 is 0 Å². The molecule has 0 radical (unpaired) electrons. The molecule has 290 valence electrons. The molecule has 0 saturated heterocycles. The van der Waals surface area contributed by atoms with E-state index in [0.717, 1.165) is 69.1 Å². The highest BCUT2D eigenvalue weighted by Gasteiger charge is 2.19. The second-order valence-corrected chi connectivity index (χ2v) is 16.4. The molecule has 5 fully saturated rings. The molecule has 1 N–H and O–H groups in total. The van der Waals surface area contributed by atoms with Crippen molar-refractivity contribution in [2.45, 2.75) is 214 Å². The topological polar surface area (TPSA) is 106 Å². The van der Waals surface area contributed by atoms with E-state index in [1.54, 1.807) is 20.8 Å². The van der Waals surface area contributed by atoms with Crippen LogP contribution in [0.1, 0.15) is 214 Å². The Hall–Kier alpha value is -1.69. The zero-order valence-corrected chi connectivity index (χ0v) is 33.1. The Morgan fingerprint density at radius 2 is 0.780 bits per heavy atom. The maximum atomic E-state index is 11.0. The smallest absolute Gasteiger partial charge is 0.158 e. The summed E-state index contributed by atoms with van der Waals surface area (Å²) in [5, 5.41) is 8.45. The maximum absolute atomic E-state index is 11.0. The summed E-state index contributed by atoms with van der Waals surface area (Å²) in [7, 11) is 0. The molecule has 0 amide bonds. The average Bonchev–Trinajstić information content (AvgIpc) is 3.94. The SMILES string of the molecule is CC(=O)C1CCCCC1.CC(=O)CCC1CCCC1.CC(=O)CCC1CCCCC1.CCC(=O)CC1CCCC1.O=C(CO)CC1CCCC1. The first-order valence-corrected chi connectivity index (χ1v) is 21.2. The number of ketones is 5. The van der Waals surface area contributed by atoms with Crippen LogP contribution in [0.15, 0.2) is 0 Å². The van der Waals surface area contributed by atoms with E-state index in [4.69, 9.17) is 5.11 Å². The second kappa shape index (κ2) is 29.8. The fraction of sp³-hybridized carbons (Fsp3) is 0.886. The molecule has 0 heterocycles. The van der Waals surface area contributed by atoms with Gasteiger partial charge in [-0.2, -0.15) is 0 Å². The number of hydrogen-bond acceptors (Lipinski definition) is 6. The molecule has 0 spiro atoms. The van der Waals surface area contributed by atoms with Gasteiger partial charge in [-0.1, -0.05) is 135 Å². The summed E-state index contributed by atoms with van der Waals surface area (Å²) in [4.78, 5) is 53.8. The van der Waals surface area contributed by atoms with Gasteiger partial charge in [0.05, 0.1) is 0 Å². The van der Waals surface area contributed by atoms with Gasteiger partial charge in [-0.05, 0) is 70.1 Å². The van der Waals surface area contributed by atoms with Gasteiger partial charge in [-0.25, -0.2) is 0 Å². The Morgan fingerprint density at radius 1 is 0.460 bits per heavy atom. The lowest BCUT2D eigenvalue weighted by atomic mass is 9.86. The summed E-state index contributed by atoms with van der Waals surface area (Å²) in [6, 6.07) is 0. The number of carbonyl (C=O) groups is 5. The van der Waals surface area contributed by atoms with Gasteiger partial charge in [0, 0.05) is 38.0 Å². The fourth-order valence-corrected chi connectivity index (χ4v) is 8.38. The minimum atomic E-state index is -0.267. The van der Waals surface area contributed by atoms with Crippen LogP contribution in [0.3, 0.4) is 0 Å². The minimum absolute atomic E-state index is 0.00639. The second-order valence-electron chi connectivity index (χ2n) is 16.4. The summed E-state index contributed by atoms with van der Waals surface area (Å²) >= 11 is 0. The molecule has 0 bridgehead atoms. The number of aliphatic hydroxyl groups excluding tert-OH is 1. The average molecular weight is 703 g/mol. The van der Waals surface area contributed by atoms with E-state index in [9.17, 15) is 24.0 Å². The molecule has 6 heteroatoms. The zero-order valence-electron chi connectivity index (χ0n) is 33.1.